The molecular formula is C25H31N3O3. The van der Waals surface area contributed by atoms with Gasteiger partial charge in [-0.3, -0.25) is 14.2 Å². The van der Waals surface area contributed by atoms with Crippen molar-refractivity contribution in [1.29, 1.82) is 0 Å². The summed E-state index contributed by atoms with van der Waals surface area (Å²) in [5.41, 5.74) is 1.06. The Morgan fingerprint density at radius 1 is 1.10 bits per heavy atom. The monoisotopic (exact) mass is 421 g/mol. The fraction of sp³-hybridized carbons (Fsp3) is 0.400. The third kappa shape index (κ3) is 4.48. The number of unbranched alkanes of at least 4 members (excludes halogenated alkanes) is 1. The Kier molecular flexibility index (Phi) is 7.10. The highest BCUT2D eigenvalue weighted by Gasteiger charge is 2.28. The van der Waals surface area contributed by atoms with E-state index in [-0.39, 0.29) is 23.4 Å². The Morgan fingerprint density at radius 3 is 2.45 bits per heavy atom. The van der Waals surface area contributed by atoms with E-state index in [4.69, 9.17) is 9.72 Å². The summed E-state index contributed by atoms with van der Waals surface area (Å²) >= 11 is 0. The van der Waals surface area contributed by atoms with Crippen LogP contribution in [-0.2, 0) is 4.79 Å². The predicted molar refractivity (Wildman–Crippen MR) is 124 cm³/mol. The molecule has 1 unspecified atom stereocenters. The van der Waals surface area contributed by atoms with Gasteiger partial charge in [-0.05, 0) is 37.6 Å². The molecule has 0 saturated heterocycles. The average molecular weight is 422 g/mol. The fourth-order valence-corrected chi connectivity index (χ4v) is 3.77. The number of fused-ring (bicyclic) bond motifs is 1. The maximum absolute atomic E-state index is 13.6. The molecule has 0 N–H and O–H groups in total. The van der Waals surface area contributed by atoms with E-state index < -0.39 is 0 Å². The first-order valence-corrected chi connectivity index (χ1v) is 10.9. The van der Waals surface area contributed by atoms with Crippen LogP contribution in [0.4, 0.5) is 0 Å². The van der Waals surface area contributed by atoms with Gasteiger partial charge in [0.2, 0.25) is 5.91 Å². The highest BCUT2D eigenvalue weighted by atomic mass is 16.5. The van der Waals surface area contributed by atoms with Crippen molar-refractivity contribution in [2.45, 2.75) is 46.6 Å². The minimum absolute atomic E-state index is 0.0509. The number of para-hydroxylation sites is 3. The molecule has 1 aromatic heterocycles. The van der Waals surface area contributed by atoms with Gasteiger partial charge in [-0.25, -0.2) is 4.98 Å². The highest BCUT2D eigenvalue weighted by Crippen LogP contribution is 2.28. The van der Waals surface area contributed by atoms with Gasteiger partial charge in [-0.15, -0.1) is 0 Å². The van der Waals surface area contributed by atoms with Gasteiger partial charge in [-0.2, -0.15) is 0 Å². The van der Waals surface area contributed by atoms with E-state index in [1.807, 2.05) is 68.1 Å². The van der Waals surface area contributed by atoms with Crippen LogP contribution in [0.1, 0.15) is 52.4 Å². The number of hydrogen-bond acceptors (Lipinski definition) is 4. The van der Waals surface area contributed by atoms with Crippen LogP contribution in [-0.4, -0.2) is 34.0 Å². The van der Waals surface area contributed by atoms with Gasteiger partial charge in [-0.1, -0.05) is 51.5 Å². The minimum Gasteiger partial charge on any atom is -0.495 e. The van der Waals surface area contributed by atoms with Crippen molar-refractivity contribution in [3.05, 3.63) is 64.7 Å². The number of aromatic nitrogens is 2. The molecule has 1 amide bonds. The molecule has 0 aliphatic rings. The Hall–Kier alpha value is -3.15. The molecule has 0 fully saturated rings. The molecule has 6 heteroatoms. The summed E-state index contributed by atoms with van der Waals surface area (Å²) in [6.07, 6.45) is 1.86. The fourth-order valence-electron chi connectivity index (χ4n) is 3.77. The van der Waals surface area contributed by atoms with Gasteiger partial charge in [0.05, 0.1) is 29.7 Å². The number of carbonyl (C=O) groups excluding carboxylic acids is 1. The summed E-state index contributed by atoms with van der Waals surface area (Å²) in [6.45, 7) is 8.45. The van der Waals surface area contributed by atoms with E-state index in [1.54, 1.807) is 17.7 Å². The van der Waals surface area contributed by atoms with Crippen LogP contribution in [0.25, 0.3) is 16.6 Å². The molecule has 31 heavy (non-hydrogen) atoms. The summed E-state index contributed by atoms with van der Waals surface area (Å²) < 4.78 is 7.14. The molecule has 2 aromatic carbocycles. The van der Waals surface area contributed by atoms with Crippen molar-refractivity contribution >= 4 is 16.8 Å². The van der Waals surface area contributed by atoms with E-state index >= 15 is 0 Å². The third-order valence-corrected chi connectivity index (χ3v) is 5.50. The van der Waals surface area contributed by atoms with Crippen molar-refractivity contribution < 1.29 is 9.53 Å². The molecule has 0 bridgehead atoms. The molecular weight excluding hydrogens is 390 g/mol. The largest absolute Gasteiger partial charge is 0.495 e. The molecule has 164 valence electrons. The van der Waals surface area contributed by atoms with Gasteiger partial charge in [0, 0.05) is 12.5 Å². The Balaban J connectivity index is 2.29. The first-order valence-electron chi connectivity index (χ1n) is 10.9. The molecule has 0 saturated carbocycles. The average Bonchev–Trinajstić information content (AvgIpc) is 2.78. The summed E-state index contributed by atoms with van der Waals surface area (Å²) in [5.74, 6) is 1.00. The van der Waals surface area contributed by atoms with E-state index in [1.165, 1.54) is 0 Å². The van der Waals surface area contributed by atoms with Crippen molar-refractivity contribution in [2.75, 3.05) is 13.7 Å². The summed E-state index contributed by atoms with van der Waals surface area (Å²) in [4.78, 5) is 33.4. The summed E-state index contributed by atoms with van der Waals surface area (Å²) in [5, 5.41) is 0.527. The quantitative estimate of drug-likeness (QED) is 0.527. The van der Waals surface area contributed by atoms with Gasteiger partial charge < -0.3 is 9.64 Å². The van der Waals surface area contributed by atoms with Gasteiger partial charge in [0.25, 0.3) is 5.56 Å². The van der Waals surface area contributed by atoms with E-state index in [0.29, 0.717) is 34.7 Å². The second kappa shape index (κ2) is 9.77. The Bertz CT molecular complexity index is 1120. The van der Waals surface area contributed by atoms with Crippen LogP contribution < -0.4 is 10.3 Å². The number of rotatable bonds is 8. The second-order valence-electron chi connectivity index (χ2n) is 8.02. The third-order valence-electron chi connectivity index (χ3n) is 5.50. The number of amides is 1. The first-order chi connectivity index (χ1) is 14.9. The second-order valence-corrected chi connectivity index (χ2v) is 8.02. The van der Waals surface area contributed by atoms with Crippen LogP contribution in [0, 0.1) is 5.92 Å². The number of nitrogens with zero attached hydrogens (tertiary/aromatic N) is 3. The molecule has 0 radical (unpaired) electrons. The molecule has 0 aliphatic heterocycles. The summed E-state index contributed by atoms with van der Waals surface area (Å²) in [6, 6.07) is 14.3. The van der Waals surface area contributed by atoms with E-state index in [0.717, 1.165) is 12.8 Å². The number of ether oxygens (including phenoxy) is 1. The lowest BCUT2D eigenvalue weighted by Crippen LogP contribution is -2.40. The maximum atomic E-state index is 13.6. The standard InChI is InChI=1S/C25H31N3O3/c1-6-7-16-27(24(29)17(2)3)18(4)23-26-20-13-9-8-12-19(20)25(30)28(23)21-14-10-11-15-22(21)31-5/h8-15,17-18H,6-7,16H2,1-5H3. The topological polar surface area (TPSA) is 64.4 Å². The first kappa shape index (κ1) is 22.5. The zero-order chi connectivity index (χ0) is 22.5. The molecule has 1 atom stereocenters. The molecule has 0 spiro atoms. The normalized spacial score (nSPS) is 12.2. The SMILES string of the molecule is CCCCN(C(=O)C(C)C)C(C)c1nc2ccccc2c(=O)n1-c1ccccc1OC. The number of hydrogen-bond donors (Lipinski definition) is 0. The van der Waals surface area contributed by atoms with E-state index in [2.05, 4.69) is 6.92 Å². The predicted octanol–water partition coefficient (Wildman–Crippen LogP) is 4.74. The number of methoxy groups -OCH3 is 1. The van der Waals surface area contributed by atoms with Crippen molar-refractivity contribution in [2.24, 2.45) is 5.92 Å². The lowest BCUT2D eigenvalue weighted by atomic mass is 10.1. The molecule has 0 aliphatic carbocycles. The zero-order valence-electron chi connectivity index (χ0n) is 19.0. The van der Waals surface area contributed by atoms with Gasteiger partial charge in [0.15, 0.2) is 0 Å². The minimum atomic E-state index is -0.385. The van der Waals surface area contributed by atoms with Gasteiger partial charge >= 0.3 is 0 Å². The number of benzene rings is 2. The van der Waals surface area contributed by atoms with Crippen LogP contribution in [0.3, 0.4) is 0 Å². The Morgan fingerprint density at radius 2 is 1.77 bits per heavy atom. The van der Waals surface area contributed by atoms with E-state index in [9.17, 15) is 9.59 Å². The van der Waals surface area contributed by atoms with Gasteiger partial charge in [0.1, 0.15) is 11.6 Å². The summed E-state index contributed by atoms with van der Waals surface area (Å²) in [7, 11) is 1.58. The van der Waals surface area contributed by atoms with Crippen molar-refractivity contribution in [3.63, 3.8) is 0 Å². The zero-order valence-corrected chi connectivity index (χ0v) is 19.0. The van der Waals surface area contributed by atoms with Crippen molar-refractivity contribution in [1.82, 2.24) is 14.5 Å². The maximum Gasteiger partial charge on any atom is 0.266 e. The lowest BCUT2D eigenvalue weighted by molar-refractivity contribution is -0.137. The van der Waals surface area contributed by atoms with Crippen LogP contribution in [0.2, 0.25) is 0 Å². The Labute approximate surface area is 183 Å². The molecule has 6 nitrogen and oxygen atoms in total. The lowest BCUT2D eigenvalue weighted by Gasteiger charge is -2.32. The van der Waals surface area contributed by atoms with Crippen LogP contribution >= 0.6 is 0 Å². The smallest absolute Gasteiger partial charge is 0.266 e. The van der Waals surface area contributed by atoms with Crippen LogP contribution in [0.15, 0.2) is 53.3 Å². The van der Waals surface area contributed by atoms with Crippen molar-refractivity contribution in [3.8, 4) is 11.4 Å². The molecule has 3 aromatic rings. The van der Waals surface area contributed by atoms with Crippen LogP contribution in [0.5, 0.6) is 5.75 Å². The highest BCUT2D eigenvalue weighted by molar-refractivity contribution is 5.80. The molecule has 1 heterocycles. The number of carbonyl (C=O) groups is 1. The molecule has 3 rings (SSSR count).